The van der Waals surface area contributed by atoms with Crippen LogP contribution in [0.4, 0.5) is 0 Å². The maximum Gasteiger partial charge on any atom is 0.329 e. The van der Waals surface area contributed by atoms with Gasteiger partial charge in [-0.2, -0.15) is 0 Å². The molecule has 1 aromatic rings. The highest BCUT2D eigenvalue weighted by molar-refractivity contribution is 5.90. The van der Waals surface area contributed by atoms with Crippen molar-refractivity contribution in [2.24, 2.45) is 11.5 Å². The standard InChI is InChI=1S/C17H25N3O4/c1-17(2,3)24-16(23)13(9-11-7-5-4-6-8-11)20-15(22)12(18)10-14(19)21/h4-8,12-13H,9-10,18H2,1-3H3,(H2,19,21)(H,20,22)/t12-,13+/m1/s1. The third-order valence-corrected chi connectivity index (χ3v) is 3.05. The summed E-state index contributed by atoms with van der Waals surface area (Å²) in [7, 11) is 0. The SMILES string of the molecule is CC(C)(C)OC(=O)[C@H](Cc1ccccc1)NC(=O)[C@H](N)CC(N)=O. The molecule has 1 rings (SSSR count). The molecule has 0 unspecified atom stereocenters. The number of rotatable bonds is 7. The van der Waals surface area contributed by atoms with Crippen LogP contribution in [0.5, 0.6) is 0 Å². The smallest absolute Gasteiger partial charge is 0.329 e. The minimum Gasteiger partial charge on any atom is -0.458 e. The summed E-state index contributed by atoms with van der Waals surface area (Å²) in [6.07, 6.45) is -0.0387. The van der Waals surface area contributed by atoms with Gasteiger partial charge in [0.25, 0.3) is 0 Å². The van der Waals surface area contributed by atoms with E-state index in [4.69, 9.17) is 16.2 Å². The van der Waals surface area contributed by atoms with Crippen molar-refractivity contribution in [2.45, 2.75) is 51.3 Å². The molecule has 0 spiro atoms. The molecule has 0 aliphatic carbocycles. The number of hydrogen-bond donors (Lipinski definition) is 3. The zero-order valence-electron chi connectivity index (χ0n) is 14.2. The zero-order chi connectivity index (χ0) is 18.3. The fourth-order valence-corrected chi connectivity index (χ4v) is 2.00. The molecule has 7 heteroatoms. The van der Waals surface area contributed by atoms with Crippen molar-refractivity contribution >= 4 is 17.8 Å². The van der Waals surface area contributed by atoms with E-state index in [9.17, 15) is 14.4 Å². The predicted molar refractivity (Wildman–Crippen MR) is 89.7 cm³/mol. The Morgan fingerprint density at radius 3 is 2.25 bits per heavy atom. The molecule has 0 aliphatic heterocycles. The quantitative estimate of drug-likeness (QED) is 0.616. The molecule has 0 bridgehead atoms. The monoisotopic (exact) mass is 335 g/mol. The lowest BCUT2D eigenvalue weighted by molar-refractivity contribution is -0.158. The van der Waals surface area contributed by atoms with Crippen LogP contribution >= 0.6 is 0 Å². The van der Waals surface area contributed by atoms with E-state index in [0.717, 1.165) is 5.56 Å². The normalized spacial score (nSPS) is 13.7. The van der Waals surface area contributed by atoms with Gasteiger partial charge in [-0.25, -0.2) is 4.79 Å². The molecular weight excluding hydrogens is 310 g/mol. The molecule has 0 fully saturated rings. The maximum absolute atomic E-state index is 12.4. The lowest BCUT2D eigenvalue weighted by Crippen LogP contribution is -2.51. The molecule has 132 valence electrons. The van der Waals surface area contributed by atoms with Gasteiger partial charge in [0, 0.05) is 6.42 Å². The van der Waals surface area contributed by atoms with Crippen molar-refractivity contribution in [2.75, 3.05) is 0 Å². The minimum atomic E-state index is -1.11. The first-order valence-electron chi connectivity index (χ1n) is 7.69. The van der Waals surface area contributed by atoms with Crippen LogP contribution in [0.1, 0.15) is 32.8 Å². The van der Waals surface area contributed by atoms with Crippen LogP contribution in [-0.2, 0) is 25.5 Å². The number of benzene rings is 1. The number of nitrogens with one attached hydrogen (secondary N) is 1. The highest BCUT2D eigenvalue weighted by Gasteiger charge is 2.28. The largest absolute Gasteiger partial charge is 0.458 e. The van der Waals surface area contributed by atoms with Gasteiger partial charge in [-0.05, 0) is 26.3 Å². The summed E-state index contributed by atoms with van der Waals surface area (Å²) in [4.78, 5) is 35.4. The zero-order valence-corrected chi connectivity index (χ0v) is 14.2. The number of esters is 1. The van der Waals surface area contributed by atoms with E-state index >= 15 is 0 Å². The Morgan fingerprint density at radius 1 is 1.17 bits per heavy atom. The summed E-state index contributed by atoms with van der Waals surface area (Å²) in [6.45, 7) is 5.22. The van der Waals surface area contributed by atoms with Crippen LogP contribution < -0.4 is 16.8 Å². The van der Waals surface area contributed by atoms with Crippen LogP contribution in [-0.4, -0.2) is 35.5 Å². The Hall–Kier alpha value is -2.41. The van der Waals surface area contributed by atoms with Gasteiger partial charge in [0.05, 0.1) is 12.5 Å². The third kappa shape index (κ3) is 7.23. The number of nitrogens with two attached hydrogens (primary N) is 2. The lowest BCUT2D eigenvalue weighted by atomic mass is 10.0. The third-order valence-electron chi connectivity index (χ3n) is 3.05. The molecule has 0 saturated heterocycles. The van der Waals surface area contributed by atoms with E-state index in [1.807, 2.05) is 30.3 Å². The average Bonchev–Trinajstić information content (AvgIpc) is 2.45. The first-order valence-corrected chi connectivity index (χ1v) is 7.69. The average molecular weight is 335 g/mol. The molecule has 0 aromatic heterocycles. The molecule has 5 N–H and O–H groups in total. The van der Waals surface area contributed by atoms with Crippen molar-refractivity contribution in [1.82, 2.24) is 5.32 Å². The maximum atomic E-state index is 12.4. The molecule has 0 saturated carbocycles. The Morgan fingerprint density at radius 2 is 1.75 bits per heavy atom. The van der Waals surface area contributed by atoms with Crippen molar-refractivity contribution in [3.05, 3.63) is 35.9 Å². The van der Waals surface area contributed by atoms with Crippen molar-refractivity contribution in [3.8, 4) is 0 Å². The molecule has 2 atom stereocenters. The summed E-state index contributed by atoms with van der Waals surface area (Å²) in [5, 5.41) is 2.55. The number of ether oxygens (including phenoxy) is 1. The number of carbonyl (C=O) groups excluding carboxylic acids is 3. The number of hydrogen-bond acceptors (Lipinski definition) is 5. The second-order valence-electron chi connectivity index (χ2n) is 6.56. The van der Waals surface area contributed by atoms with Gasteiger partial charge < -0.3 is 21.5 Å². The van der Waals surface area contributed by atoms with Crippen LogP contribution in [0.3, 0.4) is 0 Å². The number of carbonyl (C=O) groups is 3. The van der Waals surface area contributed by atoms with Crippen molar-refractivity contribution in [3.63, 3.8) is 0 Å². The summed E-state index contributed by atoms with van der Waals surface area (Å²) < 4.78 is 5.35. The van der Waals surface area contributed by atoms with Crippen LogP contribution in [0.25, 0.3) is 0 Å². The van der Waals surface area contributed by atoms with Gasteiger partial charge in [0.15, 0.2) is 0 Å². The molecule has 2 amide bonds. The van der Waals surface area contributed by atoms with Crippen molar-refractivity contribution in [1.29, 1.82) is 0 Å². The van der Waals surface area contributed by atoms with Crippen LogP contribution in [0.2, 0.25) is 0 Å². The molecule has 0 aliphatic rings. The summed E-state index contributed by atoms with van der Waals surface area (Å²) in [6, 6.07) is 7.19. The summed E-state index contributed by atoms with van der Waals surface area (Å²) in [5.74, 6) is -1.87. The topological polar surface area (TPSA) is 125 Å². The van der Waals surface area contributed by atoms with E-state index in [-0.39, 0.29) is 12.8 Å². The lowest BCUT2D eigenvalue weighted by Gasteiger charge is -2.25. The molecule has 1 aromatic carbocycles. The number of amides is 2. The second kappa shape index (κ2) is 8.44. The fraction of sp³-hybridized carbons (Fsp3) is 0.471. The minimum absolute atomic E-state index is 0.255. The highest BCUT2D eigenvalue weighted by Crippen LogP contribution is 2.11. The van der Waals surface area contributed by atoms with Gasteiger partial charge in [-0.3, -0.25) is 9.59 Å². The first-order chi connectivity index (χ1) is 11.1. The van der Waals surface area contributed by atoms with Gasteiger partial charge in [0.2, 0.25) is 11.8 Å². The first kappa shape index (κ1) is 19.6. The van der Waals surface area contributed by atoms with Gasteiger partial charge >= 0.3 is 5.97 Å². The van der Waals surface area contributed by atoms with Gasteiger partial charge in [-0.1, -0.05) is 30.3 Å². The Kier molecular flexibility index (Phi) is 6.91. The fourth-order valence-electron chi connectivity index (χ4n) is 2.00. The molecular formula is C17H25N3O4. The van der Waals surface area contributed by atoms with E-state index in [1.54, 1.807) is 20.8 Å². The Balaban J connectivity index is 2.86. The van der Waals surface area contributed by atoms with Crippen molar-refractivity contribution < 1.29 is 19.1 Å². The van der Waals surface area contributed by atoms with E-state index < -0.39 is 35.5 Å². The molecule has 0 heterocycles. The Bertz CT molecular complexity index is 581. The van der Waals surface area contributed by atoms with E-state index in [2.05, 4.69) is 5.32 Å². The molecule has 7 nitrogen and oxygen atoms in total. The van der Waals surface area contributed by atoms with Gasteiger partial charge in [0.1, 0.15) is 11.6 Å². The molecule has 24 heavy (non-hydrogen) atoms. The van der Waals surface area contributed by atoms with Crippen LogP contribution in [0, 0.1) is 0 Å². The van der Waals surface area contributed by atoms with Crippen LogP contribution in [0.15, 0.2) is 30.3 Å². The summed E-state index contributed by atoms with van der Waals surface area (Å²) in [5.41, 5.74) is 10.8. The number of primary amides is 1. The van der Waals surface area contributed by atoms with E-state index in [0.29, 0.717) is 0 Å². The Labute approximate surface area is 141 Å². The summed E-state index contributed by atoms with van der Waals surface area (Å²) >= 11 is 0. The molecule has 0 radical (unpaired) electrons. The predicted octanol–water partition coefficient (Wildman–Crippen LogP) is 0.258. The van der Waals surface area contributed by atoms with Gasteiger partial charge in [-0.15, -0.1) is 0 Å². The highest BCUT2D eigenvalue weighted by atomic mass is 16.6. The second-order valence-corrected chi connectivity index (χ2v) is 6.56. The van der Waals surface area contributed by atoms with E-state index in [1.165, 1.54) is 0 Å².